The number of amides is 1. The number of carbonyl (C=O) groups is 1. The molecule has 0 saturated carbocycles. The second kappa shape index (κ2) is 8.34. The highest BCUT2D eigenvalue weighted by molar-refractivity contribution is 5.73. The standard InChI is InChI=1S/C22H22FN5O/c1-15(29)28-7-3-4-16(13-28)21-9-20(26-19-6-2-5-18(23)8-19)10-22(27-21)17-11-24-14-25-12-17/h2,5-6,8-12,14,16H,3-4,7,13H2,1H3,(H,26,27). The molecule has 0 bridgehead atoms. The Morgan fingerprint density at radius 1 is 1.17 bits per heavy atom. The average molecular weight is 391 g/mol. The zero-order chi connectivity index (χ0) is 20.2. The van der Waals surface area contributed by atoms with Gasteiger partial charge in [-0.05, 0) is 43.2 Å². The van der Waals surface area contributed by atoms with E-state index in [2.05, 4.69) is 15.3 Å². The number of anilines is 2. The number of nitrogens with one attached hydrogen (secondary N) is 1. The molecular weight excluding hydrogens is 369 g/mol. The molecule has 29 heavy (non-hydrogen) atoms. The van der Waals surface area contributed by atoms with Crippen LogP contribution in [0.5, 0.6) is 0 Å². The summed E-state index contributed by atoms with van der Waals surface area (Å²) in [6.07, 6.45) is 6.81. The molecule has 1 aliphatic heterocycles. The van der Waals surface area contributed by atoms with Gasteiger partial charge in [-0.2, -0.15) is 0 Å². The molecule has 1 aliphatic rings. The van der Waals surface area contributed by atoms with Gasteiger partial charge in [-0.1, -0.05) is 6.07 Å². The van der Waals surface area contributed by atoms with Gasteiger partial charge in [-0.3, -0.25) is 9.78 Å². The summed E-state index contributed by atoms with van der Waals surface area (Å²) in [6.45, 7) is 3.04. The lowest BCUT2D eigenvalue weighted by Gasteiger charge is -2.32. The summed E-state index contributed by atoms with van der Waals surface area (Å²) >= 11 is 0. The first-order valence-corrected chi connectivity index (χ1v) is 9.64. The number of rotatable bonds is 4. The molecule has 2 aromatic heterocycles. The maximum Gasteiger partial charge on any atom is 0.219 e. The molecule has 1 saturated heterocycles. The van der Waals surface area contributed by atoms with Crippen molar-refractivity contribution in [1.29, 1.82) is 0 Å². The largest absolute Gasteiger partial charge is 0.355 e. The average Bonchev–Trinajstić information content (AvgIpc) is 2.74. The molecule has 7 heteroatoms. The van der Waals surface area contributed by atoms with Gasteiger partial charge in [0.2, 0.25) is 5.91 Å². The maximum absolute atomic E-state index is 13.6. The van der Waals surface area contributed by atoms with E-state index in [-0.39, 0.29) is 17.6 Å². The lowest BCUT2D eigenvalue weighted by Crippen LogP contribution is -2.37. The third kappa shape index (κ3) is 4.56. The third-order valence-electron chi connectivity index (χ3n) is 5.10. The van der Waals surface area contributed by atoms with Crippen LogP contribution in [0.4, 0.5) is 15.8 Å². The maximum atomic E-state index is 13.6. The van der Waals surface area contributed by atoms with Crippen molar-refractivity contribution in [2.75, 3.05) is 18.4 Å². The first kappa shape index (κ1) is 19.0. The van der Waals surface area contributed by atoms with E-state index in [0.717, 1.165) is 42.0 Å². The Kier molecular flexibility index (Phi) is 5.46. The van der Waals surface area contributed by atoms with E-state index in [9.17, 15) is 9.18 Å². The molecule has 6 nitrogen and oxygen atoms in total. The van der Waals surface area contributed by atoms with Crippen molar-refractivity contribution in [3.05, 3.63) is 66.6 Å². The van der Waals surface area contributed by atoms with Gasteiger partial charge >= 0.3 is 0 Å². The number of benzene rings is 1. The van der Waals surface area contributed by atoms with Crippen LogP contribution in [-0.4, -0.2) is 38.8 Å². The minimum Gasteiger partial charge on any atom is -0.355 e. The number of hydrogen-bond donors (Lipinski definition) is 1. The molecule has 0 radical (unpaired) electrons. The fraction of sp³-hybridized carbons (Fsp3) is 0.273. The molecule has 148 valence electrons. The summed E-state index contributed by atoms with van der Waals surface area (Å²) in [4.78, 5) is 26.7. The van der Waals surface area contributed by atoms with Gasteiger partial charge in [0.25, 0.3) is 0 Å². The Hall–Kier alpha value is -3.35. The second-order valence-corrected chi connectivity index (χ2v) is 7.23. The summed E-state index contributed by atoms with van der Waals surface area (Å²) in [5.41, 5.74) is 3.90. The van der Waals surface area contributed by atoms with Crippen LogP contribution >= 0.6 is 0 Å². The first-order chi connectivity index (χ1) is 14.1. The molecule has 1 N–H and O–H groups in total. The smallest absolute Gasteiger partial charge is 0.219 e. The molecule has 1 unspecified atom stereocenters. The van der Waals surface area contributed by atoms with Gasteiger partial charge in [-0.15, -0.1) is 0 Å². The van der Waals surface area contributed by atoms with Crippen LogP contribution in [-0.2, 0) is 4.79 Å². The Morgan fingerprint density at radius 3 is 2.76 bits per heavy atom. The molecule has 3 aromatic rings. The minimum absolute atomic E-state index is 0.0837. The van der Waals surface area contributed by atoms with Crippen molar-refractivity contribution in [2.45, 2.75) is 25.7 Å². The van der Waals surface area contributed by atoms with E-state index in [1.807, 2.05) is 23.1 Å². The second-order valence-electron chi connectivity index (χ2n) is 7.23. The normalized spacial score (nSPS) is 16.5. The van der Waals surface area contributed by atoms with Crippen LogP contribution < -0.4 is 5.32 Å². The monoisotopic (exact) mass is 391 g/mol. The van der Waals surface area contributed by atoms with E-state index in [4.69, 9.17) is 4.98 Å². The van der Waals surface area contributed by atoms with Gasteiger partial charge in [0.05, 0.1) is 5.69 Å². The Balaban J connectivity index is 1.71. The van der Waals surface area contributed by atoms with Crippen molar-refractivity contribution in [3.63, 3.8) is 0 Å². The van der Waals surface area contributed by atoms with E-state index in [1.165, 1.54) is 18.5 Å². The zero-order valence-corrected chi connectivity index (χ0v) is 16.2. The number of likely N-dealkylation sites (tertiary alicyclic amines) is 1. The molecule has 1 aromatic carbocycles. The predicted octanol–water partition coefficient (Wildman–Crippen LogP) is 4.15. The van der Waals surface area contributed by atoms with Gasteiger partial charge in [0, 0.05) is 61.0 Å². The van der Waals surface area contributed by atoms with E-state index in [1.54, 1.807) is 25.4 Å². The van der Waals surface area contributed by atoms with Crippen LogP contribution in [0.2, 0.25) is 0 Å². The van der Waals surface area contributed by atoms with Gasteiger partial charge in [0.1, 0.15) is 12.1 Å². The highest BCUT2D eigenvalue weighted by Gasteiger charge is 2.24. The molecule has 0 aliphatic carbocycles. The number of aromatic nitrogens is 3. The molecule has 1 atom stereocenters. The number of halogens is 1. The summed E-state index contributed by atoms with van der Waals surface area (Å²) in [5.74, 6) is -0.0731. The van der Waals surface area contributed by atoms with Crippen LogP contribution in [0, 0.1) is 5.82 Å². The topological polar surface area (TPSA) is 71.0 Å². The Labute approximate surface area is 168 Å². The van der Waals surface area contributed by atoms with E-state index < -0.39 is 0 Å². The Bertz CT molecular complexity index is 1010. The number of hydrogen-bond acceptors (Lipinski definition) is 5. The SMILES string of the molecule is CC(=O)N1CCCC(c2cc(Nc3cccc(F)c3)cc(-c3cncnc3)n2)C1. The fourth-order valence-corrected chi connectivity index (χ4v) is 3.65. The van der Waals surface area contributed by atoms with Crippen molar-refractivity contribution in [2.24, 2.45) is 0 Å². The van der Waals surface area contributed by atoms with E-state index in [0.29, 0.717) is 12.2 Å². The van der Waals surface area contributed by atoms with E-state index >= 15 is 0 Å². The summed E-state index contributed by atoms with van der Waals surface area (Å²) in [5, 5.41) is 3.27. The number of piperidine rings is 1. The van der Waals surface area contributed by atoms with Crippen molar-refractivity contribution in [1.82, 2.24) is 19.9 Å². The Morgan fingerprint density at radius 2 is 2.00 bits per heavy atom. The summed E-state index contributed by atoms with van der Waals surface area (Å²) < 4.78 is 13.6. The number of carbonyl (C=O) groups excluding carboxylic acids is 1. The predicted molar refractivity (Wildman–Crippen MR) is 109 cm³/mol. The highest BCUT2D eigenvalue weighted by Crippen LogP contribution is 2.31. The van der Waals surface area contributed by atoms with Crippen LogP contribution in [0.3, 0.4) is 0 Å². The third-order valence-corrected chi connectivity index (χ3v) is 5.10. The van der Waals surface area contributed by atoms with Gasteiger partial charge < -0.3 is 10.2 Å². The van der Waals surface area contributed by atoms with Crippen molar-refractivity contribution in [3.8, 4) is 11.3 Å². The minimum atomic E-state index is -0.301. The summed E-state index contributed by atoms with van der Waals surface area (Å²) in [6, 6.07) is 10.2. The van der Waals surface area contributed by atoms with Crippen molar-refractivity contribution < 1.29 is 9.18 Å². The zero-order valence-electron chi connectivity index (χ0n) is 16.2. The molecule has 0 spiro atoms. The number of pyridine rings is 1. The lowest BCUT2D eigenvalue weighted by molar-refractivity contribution is -0.130. The van der Waals surface area contributed by atoms with Gasteiger partial charge in [-0.25, -0.2) is 14.4 Å². The van der Waals surface area contributed by atoms with Crippen LogP contribution in [0.25, 0.3) is 11.3 Å². The quantitative estimate of drug-likeness (QED) is 0.724. The van der Waals surface area contributed by atoms with Crippen LogP contribution in [0.1, 0.15) is 31.4 Å². The fourth-order valence-electron chi connectivity index (χ4n) is 3.65. The van der Waals surface area contributed by atoms with Crippen molar-refractivity contribution >= 4 is 17.3 Å². The molecule has 1 amide bonds. The van der Waals surface area contributed by atoms with Gasteiger partial charge in [0.15, 0.2) is 0 Å². The number of nitrogens with zero attached hydrogens (tertiary/aromatic N) is 4. The first-order valence-electron chi connectivity index (χ1n) is 9.64. The molecular formula is C22H22FN5O. The summed E-state index contributed by atoms with van der Waals surface area (Å²) in [7, 11) is 0. The molecule has 1 fully saturated rings. The lowest BCUT2D eigenvalue weighted by atomic mass is 9.93. The molecule has 4 rings (SSSR count). The van der Waals surface area contributed by atoms with Crippen LogP contribution in [0.15, 0.2) is 55.1 Å². The highest BCUT2D eigenvalue weighted by atomic mass is 19.1. The molecule has 3 heterocycles.